The summed E-state index contributed by atoms with van der Waals surface area (Å²) in [7, 11) is 0. The van der Waals surface area contributed by atoms with E-state index in [-0.39, 0.29) is 62.6 Å². The summed E-state index contributed by atoms with van der Waals surface area (Å²) in [6, 6.07) is 9.82. The second kappa shape index (κ2) is 10.5. The highest BCUT2D eigenvalue weighted by atomic mass is 16.5. The van der Waals surface area contributed by atoms with Crippen molar-refractivity contribution >= 4 is 17.5 Å². The molecule has 0 bridgehead atoms. The molecular weight excluding hydrogens is 558 g/mol. The lowest BCUT2D eigenvalue weighted by Gasteiger charge is -2.69. The van der Waals surface area contributed by atoms with Gasteiger partial charge in [0.2, 0.25) is 5.70 Å². The predicted molar refractivity (Wildman–Crippen MR) is 175 cm³/mol. The zero-order valence-corrected chi connectivity index (χ0v) is 28.4. The van der Waals surface area contributed by atoms with E-state index in [0.717, 1.165) is 62.5 Å². The molecule has 0 radical (unpaired) electrons. The number of nitrogens with zero attached hydrogens (tertiary/aromatic N) is 1. The highest BCUT2D eigenvalue weighted by Gasteiger charge is 2.69. The number of rotatable bonds is 5. The molecule has 7 atom stereocenters. The maximum atomic E-state index is 14.7. The molecule has 0 N–H and O–H groups in total. The number of hydrogen-bond acceptors (Lipinski definition) is 4. The minimum Gasteiger partial charge on any atom is -0.461 e. The molecule has 3 saturated carbocycles. The Morgan fingerprint density at radius 3 is 2.33 bits per heavy atom. The Morgan fingerprint density at radius 2 is 1.64 bits per heavy atom. The van der Waals surface area contributed by atoms with Gasteiger partial charge in [-0.25, -0.2) is 4.85 Å². The van der Waals surface area contributed by atoms with Crippen molar-refractivity contribution in [1.29, 1.82) is 0 Å². The summed E-state index contributed by atoms with van der Waals surface area (Å²) >= 11 is 0. The minimum absolute atomic E-state index is 0.0495. The van der Waals surface area contributed by atoms with Crippen molar-refractivity contribution in [2.75, 3.05) is 0 Å². The van der Waals surface area contributed by atoms with Crippen molar-refractivity contribution in [2.24, 2.45) is 50.2 Å². The number of benzene rings is 1. The van der Waals surface area contributed by atoms with E-state index in [4.69, 9.17) is 11.3 Å². The summed E-state index contributed by atoms with van der Waals surface area (Å²) in [4.78, 5) is 44.8. The van der Waals surface area contributed by atoms with Crippen LogP contribution in [0.2, 0.25) is 0 Å². The Hall–Kier alpha value is -3.00. The van der Waals surface area contributed by atoms with Crippen LogP contribution in [-0.2, 0) is 25.7 Å². The first-order valence-electron chi connectivity index (χ1n) is 17.1. The standard InChI is InChI=1S/C40H51NO4/c1-35(2)18-20-40(17-15-32(43)45-25-26-12-10-9-11-13-26)21-19-39(7)33(27(40)23-35)29(42)22-31-37(5)24-28(41-8)34(44)36(3,4)30(37)14-16-38(31,39)6/h9-13,22,24,27,30,33H,14-21,23,25H2,1-7H3/t27-,30-,33-,37-,38+,39+,40+/m0/s1. The Balaban J connectivity index is 1.35. The van der Waals surface area contributed by atoms with Gasteiger partial charge in [-0.3, -0.25) is 9.59 Å². The highest BCUT2D eigenvalue weighted by molar-refractivity contribution is 6.03. The van der Waals surface area contributed by atoms with Crippen molar-refractivity contribution in [2.45, 2.75) is 113 Å². The Morgan fingerprint density at radius 1 is 0.956 bits per heavy atom. The Kier molecular flexibility index (Phi) is 7.47. The molecule has 0 amide bonds. The number of esters is 1. The van der Waals surface area contributed by atoms with Gasteiger partial charge in [0.25, 0.3) is 0 Å². The molecule has 45 heavy (non-hydrogen) atoms. The van der Waals surface area contributed by atoms with Gasteiger partial charge in [0, 0.05) is 23.2 Å². The second-order valence-corrected chi connectivity index (χ2v) is 17.2. The zero-order chi connectivity index (χ0) is 32.6. The summed E-state index contributed by atoms with van der Waals surface area (Å²) in [6.07, 6.45) is 12.0. The average Bonchev–Trinajstić information content (AvgIpc) is 2.99. The van der Waals surface area contributed by atoms with Crippen LogP contribution in [0.1, 0.15) is 112 Å². The summed E-state index contributed by atoms with van der Waals surface area (Å²) in [5, 5.41) is 0. The molecule has 0 aromatic heterocycles. The third-order valence-electron chi connectivity index (χ3n) is 14.1. The van der Waals surface area contributed by atoms with Gasteiger partial charge in [-0.05, 0) is 96.5 Å². The molecule has 5 heteroatoms. The van der Waals surface area contributed by atoms with Gasteiger partial charge in [-0.2, -0.15) is 0 Å². The van der Waals surface area contributed by atoms with Crippen LogP contribution < -0.4 is 0 Å². The smallest absolute Gasteiger partial charge is 0.306 e. The van der Waals surface area contributed by atoms with E-state index in [1.807, 2.05) is 56.3 Å². The van der Waals surface area contributed by atoms with Crippen molar-refractivity contribution in [3.8, 4) is 0 Å². The molecule has 3 fully saturated rings. The van der Waals surface area contributed by atoms with Crippen molar-refractivity contribution < 1.29 is 19.1 Å². The number of carbonyl (C=O) groups is 3. The predicted octanol–water partition coefficient (Wildman–Crippen LogP) is 9.08. The number of ether oxygens (including phenoxy) is 1. The quantitative estimate of drug-likeness (QED) is 0.247. The molecule has 0 heterocycles. The van der Waals surface area contributed by atoms with Gasteiger partial charge < -0.3 is 9.53 Å². The van der Waals surface area contributed by atoms with Crippen molar-refractivity contribution in [1.82, 2.24) is 0 Å². The molecule has 6 rings (SSSR count). The Labute approximate surface area is 270 Å². The van der Waals surface area contributed by atoms with Crippen LogP contribution in [0.3, 0.4) is 0 Å². The molecule has 1 aromatic carbocycles. The minimum atomic E-state index is -0.656. The molecule has 0 aliphatic heterocycles. The van der Waals surface area contributed by atoms with Gasteiger partial charge in [0.05, 0.1) is 6.57 Å². The van der Waals surface area contributed by atoms with E-state index in [2.05, 4.69) is 39.5 Å². The first kappa shape index (κ1) is 32.0. The number of allylic oxidation sites excluding steroid dienone is 4. The van der Waals surface area contributed by atoms with E-state index in [0.29, 0.717) is 13.0 Å². The maximum Gasteiger partial charge on any atom is 0.306 e. The molecule has 1 aromatic rings. The lowest BCUT2D eigenvalue weighted by Crippen LogP contribution is -2.64. The van der Waals surface area contributed by atoms with Crippen LogP contribution in [0, 0.1) is 56.8 Å². The molecule has 5 nitrogen and oxygen atoms in total. The summed E-state index contributed by atoms with van der Waals surface area (Å²) in [6.45, 7) is 23.8. The fraction of sp³-hybridized carbons (Fsp3) is 0.650. The van der Waals surface area contributed by atoms with Gasteiger partial charge in [0.15, 0.2) is 11.6 Å². The lowest BCUT2D eigenvalue weighted by molar-refractivity contribution is -0.174. The van der Waals surface area contributed by atoms with E-state index in [9.17, 15) is 14.4 Å². The first-order valence-corrected chi connectivity index (χ1v) is 17.1. The average molecular weight is 610 g/mol. The normalized spacial score (nSPS) is 39.6. The van der Waals surface area contributed by atoms with Crippen LogP contribution in [-0.4, -0.2) is 17.5 Å². The number of Topliss-reactive ketones (excluding diaryl/α,β-unsaturated/α-hetero) is 1. The van der Waals surface area contributed by atoms with Crippen LogP contribution in [0.5, 0.6) is 0 Å². The molecule has 5 aliphatic carbocycles. The lowest BCUT2D eigenvalue weighted by atomic mass is 9.34. The number of fused-ring (bicyclic) bond motifs is 7. The highest BCUT2D eigenvalue weighted by Crippen LogP contribution is 2.75. The van der Waals surface area contributed by atoms with Crippen LogP contribution in [0.4, 0.5) is 0 Å². The van der Waals surface area contributed by atoms with E-state index >= 15 is 0 Å². The van der Waals surface area contributed by atoms with E-state index in [1.165, 1.54) is 0 Å². The number of hydrogen-bond donors (Lipinski definition) is 0. The number of ketones is 2. The summed E-state index contributed by atoms with van der Waals surface area (Å²) < 4.78 is 5.71. The second-order valence-electron chi connectivity index (χ2n) is 17.2. The SMILES string of the molecule is [C-]#[N+]C1=C[C@]2(C)C3=CC(=O)[C@@H]4[C@@H]5CC(C)(C)CC[C@]5(CCC(=O)OCc5ccccc5)CC[C@@]4(C)[C@]3(C)CC[C@H]2C(C)(C)C1=O. The van der Waals surface area contributed by atoms with Gasteiger partial charge in [-0.1, -0.05) is 90.4 Å². The van der Waals surface area contributed by atoms with Gasteiger partial charge >= 0.3 is 5.97 Å². The molecular formula is C40H51NO4. The van der Waals surface area contributed by atoms with E-state index < -0.39 is 10.8 Å². The first-order chi connectivity index (χ1) is 21.0. The molecule has 0 unspecified atom stereocenters. The molecule has 0 spiro atoms. The van der Waals surface area contributed by atoms with Gasteiger partial charge in [-0.15, -0.1) is 0 Å². The van der Waals surface area contributed by atoms with Crippen LogP contribution >= 0.6 is 0 Å². The fourth-order valence-electron chi connectivity index (χ4n) is 11.3. The van der Waals surface area contributed by atoms with E-state index in [1.54, 1.807) is 0 Å². The third kappa shape index (κ3) is 4.72. The molecule has 240 valence electrons. The zero-order valence-electron chi connectivity index (χ0n) is 28.4. The third-order valence-corrected chi connectivity index (χ3v) is 14.1. The molecule has 0 saturated heterocycles. The summed E-state index contributed by atoms with van der Waals surface area (Å²) in [5.41, 5.74) is 0.799. The maximum absolute atomic E-state index is 14.7. The topological polar surface area (TPSA) is 64.8 Å². The van der Waals surface area contributed by atoms with Crippen LogP contribution in [0.15, 0.2) is 53.8 Å². The molecule has 5 aliphatic rings. The fourth-order valence-corrected chi connectivity index (χ4v) is 11.3. The van der Waals surface area contributed by atoms with Gasteiger partial charge in [0.1, 0.15) is 6.61 Å². The Bertz CT molecular complexity index is 1530. The summed E-state index contributed by atoms with van der Waals surface area (Å²) in [5.74, 6) is 0.143. The number of carbonyl (C=O) groups excluding carboxylic acids is 3. The van der Waals surface area contributed by atoms with Crippen LogP contribution in [0.25, 0.3) is 4.85 Å². The van der Waals surface area contributed by atoms with Crippen molar-refractivity contribution in [3.63, 3.8) is 0 Å². The van der Waals surface area contributed by atoms with Crippen molar-refractivity contribution in [3.05, 3.63) is 70.7 Å². The largest absolute Gasteiger partial charge is 0.461 e. The monoisotopic (exact) mass is 609 g/mol.